The van der Waals surface area contributed by atoms with Gasteiger partial charge in [-0.1, -0.05) is 92.7 Å². The highest BCUT2D eigenvalue weighted by Crippen LogP contribution is 2.41. The largest absolute Gasteiger partial charge is 0.484 e. The van der Waals surface area contributed by atoms with Crippen molar-refractivity contribution in [2.45, 2.75) is 57.8 Å². The number of carbonyl (C=O) groups excluding carboxylic acids is 5. The van der Waals surface area contributed by atoms with E-state index in [4.69, 9.17) is 9.47 Å². The SMILES string of the molecule is CC(C)OC(=O)C(=O)[C@H](Cc1ccccc1)C(=O)N[C@H]1CS[C@H](c2ccccc2)N1C(=O)[C@@H](NC(=O)COc1ccccc1)C(C)C. The summed E-state index contributed by atoms with van der Waals surface area (Å²) < 4.78 is 10.7. The average molecular weight is 660 g/mol. The van der Waals surface area contributed by atoms with Crippen LogP contribution in [0.1, 0.15) is 44.2 Å². The summed E-state index contributed by atoms with van der Waals surface area (Å²) in [6, 6.07) is 26.2. The molecule has 0 aromatic heterocycles. The summed E-state index contributed by atoms with van der Waals surface area (Å²) in [4.78, 5) is 68.7. The lowest BCUT2D eigenvalue weighted by Gasteiger charge is -2.35. The predicted molar refractivity (Wildman–Crippen MR) is 179 cm³/mol. The third-order valence-electron chi connectivity index (χ3n) is 7.47. The van der Waals surface area contributed by atoms with Crippen molar-refractivity contribution in [3.8, 4) is 5.75 Å². The Morgan fingerprint density at radius 1 is 0.851 bits per heavy atom. The van der Waals surface area contributed by atoms with E-state index < -0.39 is 59.1 Å². The number of benzene rings is 3. The van der Waals surface area contributed by atoms with Crippen LogP contribution >= 0.6 is 11.8 Å². The van der Waals surface area contributed by atoms with E-state index in [2.05, 4.69) is 10.6 Å². The van der Waals surface area contributed by atoms with Crippen LogP contribution in [-0.4, -0.2) is 65.0 Å². The van der Waals surface area contributed by atoms with Gasteiger partial charge in [0.05, 0.1) is 6.10 Å². The maximum Gasteiger partial charge on any atom is 0.375 e. The van der Waals surface area contributed by atoms with Gasteiger partial charge in [-0.05, 0) is 49.4 Å². The van der Waals surface area contributed by atoms with Crippen LogP contribution in [0.2, 0.25) is 0 Å². The lowest BCUT2D eigenvalue weighted by atomic mass is 9.94. The second-order valence-corrected chi connectivity index (χ2v) is 12.9. The molecule has 1 fully saturated rings. The average Bonchev–Trinajstić information content (AvgIpc) is 3.48. The van der Waals surface area contributed by atoms with E-state index >= 15 is 0 Å². The lowest BCUT2D eigenvalue weighted by molar-refractivity contribution is -0.160. The number of esters is 1. The number of ether oxygens (including phenoxy) is 2. The van der Waals surface area contributed by atoms with Crippen molar-refractivity contribution >= 4 is 41.2 Å². The Labute approximate surface area is 279 Å². The summed E-state index contributed by atoms with van der Waals surface area (Å²) in [5.41, 5.74) is 1.52. The van der Waals surface area contributed by atoms with Gasteiger partial charge in [-0.15, -0.1) is 11.8 Å². The molecular weight excluding hydrogens is 618 g/mol. The van der Waals surface area contributed by atoms with Crippen LogP contribution in [0.15, 0.2) is 91.0 Å². The van der Waals surface area contributed by atoms with Crippen LogP contribution in [0, 0.1) is 11.8 Å². The van der Waals surface area contributed by atoms with Crippen molar-refractivity contribution in [3.05, 3.63) is 102 Å². The molecule has 4 atom stereocenters. The van der Waals surface area contributed by atoms with Crippen LogP contribution in [0.25, 0.3) is 0 Å². The molecule has 0 spiro atoms. The molecule has 3 aromatic rings. The van der Waals surface area contributed by atoms with E-state index in [9.17, 15) is 24.0 Å². The molecular formula is C36H41N3O7S. The van der Waals surface area contributed by atoms with Gasteiger partial charge in [-0.3, -0.25) is 19.2 Å². The number of hydrogen-bond donors (Lipinski definition) is 2. The van der Waals surface area contributed by atoms with Crippen LogP contribution in [0.5, 0.6) is 5.75 Å². The van der Waals surface area contributed by atoms with Crippen LogP contribution in [-0.2, 0) is 35.1 Å². The second kappa shape index (κ2) is 16.8. The van der Waals surface area contributed by atoms with Crippen molar-refractivity contribution in [2.24, 2.45) is 11.8 Å². The van der Waals surface area contributed by atoms with Gasteiger partial charge in [-0.25, -0.2) is 4.79 Å². The number of hydrogen-bond acceptors (Lipinski definition) is 8. The van der Waals surface area contributed by atoms with E-state index in [1.807, 2.05) is 56.3 Å². The summed E-state index contributed by atoms with van der Waals surface area (Å²) in [7, 11) is 0. The molecule has 3 amide bonds. The number of thioether (sulfide) groups is 1. The fourth-order valence-corrected chi connectivity index (χ4v) is 6.52. The smallest absolute Gasteiger partial charge is 0.375 e. The first-order valence-corrected chi connectivity index (χ1v) is 16.6. The Morgan fingerprint density at radius 3 is 2.04 bits per heavy atom. The predicted octanol–water partition coefficient (Wildman–Crippen LogP) is 4.30. The Balaban J connectivity index is 1.58. The van der Waals surface area contributed by atoms with E-state index in [0.29, 0.717) is 17.1 Å². The van der Waals surface area contributed by atoms with E-state index in [0.717, 1.165) is 5.56 Å². The minimum Gasteiger partial charge on any atom is -0.484 e. The molecule has 10 nitrogen and oxygen atoms in total. The fraction of sp³-hybridized carbons (Fsp3) is 0.361. The van der Waals surface area contributed by atoms with E-state index in [-0.39, 0.29) is 18.9 Å². The lowest BCUT2D eigenvalue weighted by Crippen LogP contribution is -2.58. The van der Waals surface area contributed by atoms with Gasteiger partial charge in [0.2, 0.25) is 11.8 Å². The summed E-state index contributed by atoms with van der Waals surface area (Å²) in [6.07, 6.45) is -1.41. The maximum atomic E-state index is 14.4. The molecule has 1 aliphatic rings. The van der Waals surface area contributed by atoms with Crippen LogP contribution < -0.4 is 15.4 Å². The first kappa shape index (κ1) is 35.2. The molecule has 1 heterocycles. The minimum atomic E-state index is -1.38. The number of nitrogens with one attached hydrogen (secondary N) is 2. The van der Waals surface area contributed by atoms with Gasteiger partial charge >= 0.3 is 5.97 Å². The summed E-state index contributed by atoms with van der Waals surface area (Å²) in [5.74, 6) is -4.47. The summed E-state index contributed by atoms with van der Waals surface area (Å²) in [6.45, 7) is 6.61. The normalized spacial score (nSPS) is 17.1. The number of para-hydroxylation sites is 1. The zero-order chi connectivity index (χ0) is 33.9. The van der Waals surface area contributed by atoms with Crippen LogP contribution in [0.4, 0.5) is 0 Å². The van der Waals surface area contributed by atoms with E-state index in [1.165, 1.54) is 11.8 Å². The maximum absolute atomic E-state index is 14.4. The highest BCUT2D eigenvalue weighted by atomic mass is 32.2. The number of rotatable bonds is 14. The number of ketones is 1. The van der Waals surface area contributed by atoms with Gasteiger partial charge < -0.3 is 25.0 Å². The molecule has 248 valence electrons. The Morgan fingerprint density at radius 2 is 1.45 bits per heavy atom. The van der Waals surface area contributed by atoms with Crippen molar-refractivity contribution in [1.29, 1.82) is 0 Å². The van der Waals surface area contributed by atoms with Crippen molar-refractivity contribution in [3.63, 3.8) is 0 Å². The van der Waals surface area contributed by atoms with Crippen molar-refractivity contribution in [2.75, 3.05) is 12.4 Å². The highest BCUT2D eigenvalue weighted by Gasteiger charge is 2.44. The quantitative estimate of drug-likeness (QED) is 0.149. The van der Waals surface area contributed by atoms with Crippen molar-refractivity contribution < 1.29 is 33.4 Å². The number of carbonyl (C=O) groups is 5. The monoisotopic (exact) mass is 659 g/mol. The van der Waals surface area contributed by atoms with Gasteiger partial charge in [0.1, 0.15) is 29.2 Å². The molecule has 0 saturated carbocycles. The highest BCUT2D eigenvalue weighted by molar-refractivity contribution is 7.99. The Hall–Kier alpha value is -4.64. The zero-order valence-corrected chi connectivity index (χ0v) is 27.8. The fourth-order valence-electron chi connectivity index (χ4n) is 5.15. The molecule has 2 N–H and O–H groups in total. The van der Waals surface area contributed by atoms with Gasteiger partial charge in [0.15, 0.2) is 6.61 Å². The summed E-state index contributed by atoms with van der Waals surface area (Å²) >= 11 is 1.45. The number of Topliss-reactive ketones (excluding diaryl/α,β-unsaturated/α-hetero) is 1. The molecule has 11 heteroatoms. The molecule has 0 unspecified atom stereocenters. The van der Waals surface area contributed by atoms with Crippen molar-refractivity contribution in [1.82, 2.24) is 15.5 Å². The van der Waals surface area contributed by atoms with Crippen LogP contribution in [0.3, 0.4) is 0 Å². The standard InChI is InChI=1S/C36H41N3O7S/c1-23(2)31(38-30(40)21-45-27-18-12-7-13-19-27)34(43)39-29(22-47-35(39)26-16-10-6-11-17-26)37-33(42)28(20-25-14-8-5-9-15-25)32(41)36(44)46-24(3)4/h5-19,23-24,28-29,31,35H,20-22H2,1-4H3,(H,37,42)(H,38,40)/t28-,29+,31-,35+/m0/s1. The molecule has 4 rings (SSSR count). The first-order chi connectivity index (χ1) is 22.5. The summed E-state index contributed by atoms with van der Waals surface area (Å²) in [5, 5.41) is 5.23. The first-order valence-electron chi connectivity index (χ1n) is 15.6. The number of nitrogens with zero attached hydrogens (tertiary/aromatic N) is 1. The molecule has 0 radical (unpaired) electrons. The van der Waals surface area contributed by atoms with Gasteiger partial charge in [0.25, 0.3) is 11.7 Å². The minimum absolute atomic E-state index is 0.0271. The molecule has 0 bridgehead atoms. The molecule has 1 saturated heterocycles. The van der Waals surface area contributed by atoms with Gasteiger partial charge in [0, 0.05) is 5.75 Å². The molecule has 1 aliphatic heterocycles. The Kier molecular flexibility index (Phi) is 12.6. The third-order valence-corrected chi connectivity index (χ3v) is 8.79. The Bertz CT molecular complexity index is 1520. The van der Waals surface area contributed by atoms with E-state index in [1.54, 1.807) is 67.3 Å². The molecule has 47 heavy (non-hydrogen) atoms. The topological polar surface area (TPSA) is 131 Å². The van der Waals surface area contributed by atoms with Gasteiger partial charge in [-0.2, -0.15) is 0 Å². The zero-order valence-electron chi connectivity index (χ0n) is 27.0. The molecule has 0 aliphatic carbocycles. The molecule has 3 aromatic carbocycles. The second-order valence-electron chi connectivity index (χ2n) is 11.8. The third kappa shape index (κ3) is 9.68. The number of amides is 3.